The molecule has 1 heterocycles. The minimum atomic E-state index is 0.804. The van der Waals surface area contributed by atoms with Gasteiger partial charge in [0.25, 0.3) is 0 Å². The molecule has 0 aromatic heterocycles. The fraction of sp³-hybridized carbons (Fsp3) is 0.684. The van der Waals surface area contributed by atoms with E-state index in [1.54, 1.807) is 0 Å². The van der Waals surface area contributed by atoms with Crippen LogP contribution in [0.5, 0.6) is 0 Å². The van der Waals surface area contributed by atoms with Crippen LogP contribution < -0.4 is 0 Å². The Balaban J connectivity index is 1.71. The van der Waals surface area contributed by atoms with Gasteiger partial charge in [-0.1, -0.05) is 56.0 Å². The second kappa shape index (κ2) is 7.26. The van der Waals surface area contributed by atoms with E-state index in [0.29, 0.717) is 0 Å². The Morgan fingerprint density at radius 3 is 2.20 bits per heavy atom. The molecule has 0 N–H and O–H groups in total. The molecule has 3 rings (SSSR count). The lowest BCUT2D eigenvalue weighted by atomic mass is 9.80. The molecule has 1 saturated carbocycles. The van der Waals surface area contributed by atoms with Gasteiger partial charge >= 0.3 is 0 Å². The zero-order valence-corrected chi connectivity index (χ0v) is 12.8. The summed E-state index contributed by atoms with van der Waals surface area (Å²) in [6, 6.07) is 12.0. The van der Waals surface area contributed by atoms with Gasteiger partial charge in [0.05, 0.1) is 0 Å². The van der Waals surface area contributed by atoms with Crippen LogP contribution in [0.3, 0.4) is 0 Å². The Bertz CT molecular complexity index is 356. The fourth-order valence-electron chi connectivity index (χ4n) is 4.22. The van der Waals surface area contributed by atoms with Gasteiger partial charge in [0, 0.05) is 6.04 Å². The van der Waals surface area contributed by atoms with Gasteiger partial charge in [-0.3, -0.25) is 4.90 Å². The minimum Gasteiger partial charge on any atom is -0.300 e. The third-order valence-corrected chi connectivity index (χ3v) is 5.34. The fourth-order valence-corrected chi connectivity index (χ4v) is 4.22. The third kappa shape index (κ3) is 3.63. The summed E-state index contributed by atoms with van der Waals surface area (Å²) in [6.07, 6.45) is 12.9. The maximum absolute atomic E-state index is 2.83. The van der Waals surface area contributed by atoms with Gasteiger partial charge in [-0.15, -0.1) is 0 Å². The molecule has 1 nitrogen and oxygen atoms in total. The van der Waals surface area contributed by atoms with Crippen LogP contribution in [-0.4, -0.2) is 24.0 Å². The molecular formula is C19H29N. The van der Waals surface area contributed by atoms with Crippen LogP contribution in [0.25, 0.3) is 0 Å². The molecule has 0 radical (unpaired) electrons. The molecular weight excluding hydrogens is 242 g/mol. The molecule has 0 spiro atoms. The zero-order chi connectivity index (χ0) is 13.6. The lowest BCUT2D eigenvalue weighted by Crippen LogP contribution is -2.45. The van der Waals surface area contributed by atoms with Gasteiger partial charge in [0.1, 0.15) is 0 Å². The summed E-state index contributed by atoms with van der Waals surface area (Å²) >= 11 is 0. The molecule has 0 amide bonds. The second-order valence-corrected chi connectivity index (χ2v) is 6.75. The van der Waals surface area contributed by atoms with Gasteiger partial charge in [0.2, 0.25) is 0 Å². The van der Waals surface area contributed by atoms with Crippen molar-refractivity contribution in [3.63, 3.8) is 0 Å². The largest absolute Gasteiger partial charge is 0.300 e. The Morgan fingerprint density at radius 1 is 0.850 bits per heavy atom. The molecule has 1 aromatic rings. The molecule has 1 aliphatic heterocycles. The summed E-state index contributed by atoms with van der Waals surface area (Å²) in [5.74, 6) is 0.946. The lowest BCUT2D eigenvalue weighted by molar-refractivity contribution is 0.0964. The second-order valence-electron chi connectivity index (χ2n) is 6.75. The van der Waals surface area contributed by atoms with E-state index in [4.69, 9.17) is 0 Å². The van der Waals surface area contributed by atoms with E-state index in [1.165, 1.54) is 76.4 Å². The average Bonchev–Trinajstić information content (AvgIpc) is 2.55. The van der Waals surface area contributed by atoms with Crippen molar-refractivity contribution >= 4 is 0 Å². The molecule has 1 heteroatoms. The number of hydrogen-bond acceptors (Lipinski definition) is 1. The molecule has 20 heavy (non-hydrogen) atoms. The van der Waals surface area contributed by atoms with Crippen LogP contribution >= 0.6 is 0 Å². The Hall–Kier alpha value is -0.820. The van der Waals surface area contributed by atoms with Crippen molar-refractivity contribution in [2.75, 3.05) is 13.1 Å². The molecule has 2 aliphatic rings. The summed E-state index contributed by atoms with van der Waals surface area (Å²) in [5.41, 5.74) is 1.54. The number of likely N-dealkylation sites (tertiary alicyclic amines) is 1. The first kappa shape index (κ1) is 14.1. The summed E-state index contributed by atoms with van der Waals surface area (Å²) < 4.78 is 0. The molecule has 1 saturated heterocycles. The maximum Gasteiger partial charge on any atom is 0.0164 e. The molecule has 0 bridgehead atoms. The van der Waals surface area contributed by atoms with E-state index in [0.717, 1.165) is 12.0 Å². The molecule has 1 aromatic carbocycles. The third-order valence-electron chi connectivity index (χ3n) is 5.34. The van der Waals surface area contributed by atoms with Gasteiger partial charge in [-0.05, 0) is 56.7 Å². The molecule has 1 aliphatic carbocycles. The van der Waals surface area contributed by atoms with Crippen LogP contribution in [-0.2, 0) is 6.42 Å². The number of rotatable bonds is 4. The van der Waals surface area contributed by atoms with Crippen molar-refractivity contribution in [1.82, 2.24) is 4.90 Å². The first-order chi connectivity index (χ1) is 9.93. The first-order valence-electron chi connectivity index (χ1n) is 8.71. The SMILES string of the molecule is c1ccc(C[C@@H](C2CCCCC2)N2CCCCC2)cc1. The summed E-state index contributed by atoms with van der Waals surface area (Å²) in [6.45, 7) is 2.68. The minimum absolute atomic E-state index is 0.804. The van der Waals surface area contributed by atoms with Gasteiger partial charge in [0.15, 0.2) is 0 Å². The monoisotopic (exact) mass is 271 g/mol. The quantitative estimate of drug-likeness (QED) is 0.769. The predicted octanol–water partition coefficient (Wildman–Crippen LogP) is 4.66. The Labute approximate surface area is 124 Å². The van der Waals surface area contributed by atoms with E-state index in [-0.39, 0.29) is 0 Å². The first-order valence-corrected chi connectivity index (χ1v) is 8.71. The lowest BCUT2D eigenvalue weighted by Gasteiger charge is -2.41. The van der Waals surface area contributed by atoms with E-state index >= 15 is 0 Å². The van der Waals surface area contributed by atoms with Crippen LogP contribution in [0.2, 0.25) is 0 Å². The van der Waals surface area contributed by atoms with Crippen LogP contribution in [0.1, 0.15) is 56.9 Å². The van der Waals surface area contributed by atoms with E-state index < -0.39 is 0 Å². The molecule has 0 unspecified atom stereocenters. The van der Waals surface area contributed by atoms with Crippen LogP contribution in [0, 0.1) is 5.92 Å². The highest BCUT2D eigenvalue weighted by molar-refractivity contribution is 5.16. The van der Waals surface area contributed by atoms with Crippen LogP contribution in [0.4, 0.5) is 0 Å². The maximum atomic E-state index is 2.83. The number of nitrogens with zero attached hydrogens (tertiary/aromatic N) is 1. The van der Waals surface area contributed by atoms with Crippen molar-refractivity contribution in [3.05, 3.63) is 35.9 Å². The molecule has 1 atom stereocenters. The van der Waals surface area contributed by atoms with Crippen molar-refractivity contribution < 1.29 is 0 Å². The van der Waals surface area contributed by atoms with Gasteiger partial charge in [-0.25, -0.2) is 0 Å². The van der Waals surface area contributed by atoms with E-state index in [9.17, 15) is 0 Å². The molecule has 110 valence electrons. The summed E-state index contributed by atoms with van der Waals surface area (Å²) in [4.78, 5) is 2.83. The average molecular weight is 271 g/mol. The van der Waals surface area contributed by atoms with E-state index in [1.807, 2.05) is 0 Å². The Kier molecular flexibility index (Phi) is 5.13. The topological polar surface area (TPSA) is 3.24 Å². The Morgan fingerprint density at radius 2 is 1.50 bits per heavy atom. The smallest absolute Gasteiger partial charge is 0.0164 e. The van der Waals surface area contributed by atoms with Crippen molar-refractivity contribution in [3.8, 4) is 0 Å². The van der Waals surface area contributed by atoms with Gasteiger partial charge < -0.3 is 0 Å². The van der Waals surface area contributed by atoms with E-state index in [2.05, 4.69) is 35.2 Å². The zero-order valence-electron chi connectivity index (χ0n) is 12.8. The molecule has 2 fully saturated rings. The van der Waals surface area contributed by atoms with Gasteiger partial charge in [-0.2, -0.15) is 0 Å². The highest BCUT2D eigenvalue weighted by atomic mass is 15.2. The van der Waals surface area contributed by atoms with Crippen molar-refractivity contribution in [2.45, 2.75) is 63.8 Å². The summed E-state index contributed by atoms with van der Waals surface area (Å²) in [7, 11) is 0. The number of piperidine rings is 1. The normalized spacial score (nSPS) is 23.6. The van der Waals surface area contributed by atoms with Crippen molar-refractivity contribution in [1.29, 1.82) is 0 Å². The highest BCUT2D eigenvalue weighted by Crippen LogP contribution is 2.32. The standard InChI is InChI=1S/C19H29N/c1-4-10-17(11-5-1)16-19(18-12-6-2-7-13-18)20-14-8-3-9-15-20/h1,4-5,10-11,18-19H,2-3,6-9,12-16H2/t19-/m0/s1. The number of benzene rings is 1. The van der Waals surface area contributed by atoms with Crippen LogP contribution in [0.15, 0.2) is 30.3 Å². The summed E-state index contributed by atoms with van der Waals surface area (Å²) in [5, 5.41) is 0. The van der Waals surface area contributed by atoms with Crippen molar-refractivity contribution in [2.24, 2.45) is 5.92 Å². The highest BCUT2D eigenvalue weighted by Gasteiger charge is 2.29. The predicted molar refractivity (Wildman–Crippen MR) is 85.9 cm³/mol. The number of hydrogen-bond donors (Lipinski definition) is 0.